The number of anilines is 1. The molecule has 18 heavy (non-hydrogen) atoms. The van der Waals surface area contributed by atoms with Gasteiger partial charge in [-0.05, 0) is 56.2 Å². The normalized spacial score (nSPS) is 23.7. The van der Waals surface area contributed by atoms with Crippen molar-refractivity contribution in [1.29, 1.82) is 0 Å². The Kier molecular flexibility index (Phi) is 3.90. The molecule has 2 rings (SSSR count). The first-order valence-electron chi connectivity index (χ1n) is 6.66. The number of rotatable bonds is 2. The van der Waals surface area contributed by atoms with E-state index in [1.807, 2.05) is 13.0 Å². The van der Waals surface area contributed by atoms with Crippen LogP contribution in [0.4, 0.5) is 5.69 Å². The van der Waals surface area contributed by atoms with Crippen LogP contribution < -0.4 is 5.32 Å². The Balaban J connectivity index is 1.98. The number of carbonyl (C=O) groups is 1. The molecule has 0 radical (unpaired) electrons. The number of benzene rings is 1. The van der Waals surface area contributed by atoms with Gasteiger partial charge in [0, 0.05) is 5.92 Å². The van der Waals surface area contributed by atoms with Gasteiger partial charge in [0.25, 0.3) is 0 Å². The monoisotopic (exact) mass is 247 g/mol. The maximum atomic E-state index is 12.1. The third-order valence-electron chi connectivity index (χ3n) is 3.80. The van der Waals surface area contributed by atoms with Crippen LogP contribution in [0.25, 0.3) is 0 Å². The minimum atomic E-state index is 0.0426. The molecule has 1 amide bonds. The molecule has 1 fully saturated rings. The number of carbonyl (C=O) groups excluding carboxylic acids is 1. The van der Waals surface area contributed by atoms with Gasteiger partial charge in [0.2, 0.25) is 5.91 Å². The van der Waals surface area contributed by atoms with Gasteiger partial charge in [-0.25, -0.2) is 0 Å². The van der Waals surface area contributed by atoms with Gasteiger partial charge >= 0.3 is 0 Å². The van der Waals surface area contributed by atoms with Crippen LogP contribution in [0.2, 0.25) is 0 Å². The van der Waals surface area contributed by atoms with E-state index in [-0.39, 0.29) is 17.6 Å². The van der Waals surface area contributed by atoms with Gasteiger partial charge in [-0.1, -0.05) is 13.0 Å². The van der Waals surface area contributed by atoms with Gasteiger partial charge in [0.1, 0.15) is 5.75 Å². The molecule has 0 saturated heterocycles. The van der Waals surface area contributed by atoms with Gasteiger partial charge in [-0.2, -0.15) is 0 Å². The van der Waals surface area contributed by atoms with Crippen molar-refractivity contribution < 1.29 is 9.90 Å². The summed E-state index contributed by atoms with van der Waals surface area (Å²) in [6, 6.07) is 5.31. The lowest BCUT2D eigenvalue weighted by atomic mass is 9.82. The summed E-state index contributed by atoms with van der Waals surface area (Å²) in [5.41, 5.74) is 1.50. The fourth-order valence-electron chi connectivity index (χ4n) is 2.50. The number of nitrogens with one attached hydrogen (secondary N) is 1. The van der Waals surface area contributed by atoms with Crippen molar-refractivity contribution in [2.45, 2.75) is 39.5 Å². The minimum absolute atomic E-state index is 0.0426. The van der Waals surface area contributed by atoms with Gasteiger partial charge in [0.15, 0.2) is 0 Å². The SMILES string of the molecule is Cc1ccc(NC(=O)C2CCC(C)CC2)c(O)c1. The third kappa shape index (κ3) is 3.03. The Morgan fingerprint density at radius 1 is 1.28 bits per heavy atom. The number of hydrogen-bond donors (Lipinski definition) is 2. The molecule has 1 aliphatic rings. The van der Waals surface area contributed by atoms with Gasteiger partial charge in [0.05, 0.1) is 5.69 Å². The highest BCUT2D eigenvalue weighted by Crippen LogP contribution is 2.30. The van der Waals surface area contributed by atoms with Crippen LogP contribution in [0.3, 0.4) is 0 Å². The van der Waals surface area contributed by atoms with E-state index in [0.29, 0.717) is 5.69 Å². The molecule has 0 spiro atoms. The zero-order valence-corrected chi connectivity index (χ0v) is 11.1. The van der Waals surface area contributed by atoms with Gasteiger partial charge in [-0.15, -0.1) is 0 Å². The van der Waals surface area contributed by atoms with Crippen LogP contribution in [0, 0.1) is 18.8 Å². The first kappa shape index (κ1) is 12.9. The van der Waals surface area contributed by atoms with E-state index in [1.54, 1.807) is 12.1 Å². The van der Waals surface area contributed by atoms with Crippen molar-refractivity contribution in [1.82, 2.24) is 0 Å². The maximum absolute atomic E-state index is 12.1. The molecule has 0 aliphatic heterocycles. The number of phenols is 1. The van der Waals surface area contributed by atoms with Crippen molar-refractivity contribution in [2.24, 2.45) is 11.8 Å². The van der Waals surface area contributed by atoms with Crippen LogP contribution in [-0.2, 0) is 4.79 Å². The second-order valence-corrected chi connectivity index (χ2v) is 5.47. The molecule has 1 aliphatic carbocycles. The fraction of sp³-hybridized carbons (Fsp3) is 0.533. The summed E-state index contributed by atoms with van der Waals surface area (Å²) in [4.78, 5) is 12.1. The zero-order chi connectivity index (χ0) is 13.1. The highest BCUT2D eigenvalue weighted by molar-refractivity contribution is 5.93. The lowest BCUT2D eigenvalue weighted by Crippen LogP contribution is -2.26. The standard InChI is InChI=1S/C15H21NO2/c1-10-3-6-12(7-4-10)15(18)16-13-8-5-11(2)9-14(13)17/h5,8-10,12,17H,3-4,6-7H2,1-2H3,(H,16,18). The van der Waals surface area contributed by atoms with Crippen molar-refractivity contribution in [3.63, 3.8) is 0 Å². The second kappa shape index (κ2) is 5.42. The maximum Gasteiger partial charge on any atom is 0.227 e. The van der Waals surface area contributed by atoms with E-state index in [2.05, 4.69) is 12.2 Å². The van der Waals surface area contributed by atoms with E-state index in [9.17, 15) is 9.90 Å². The average Bonchev–Trinajstić information content (AvgIpc) is 2.33. The molecule has 1 aromatic rings. The topological polar surface area (TPSA) is 49.3 Å². The predicted octanol–water partition coefficient (Wildman–Crippen LogP) is 3.47. The summed E-state index contributed by atoms with van der Waals surface area (Å²) < 4.78 is 0. The molecular formula is C15H21NO2. The Morgan fingerprint density at radius 2 is 1.94 bits per heavy atom. The summed E-state index contributed by atoms with van der Waals surface area (Å²) in [6.07, 6.45) is 4.16. The first-order valence-corrected chi connectivity index (χ1v) is 6.66. The molecule has 2 N–H and O–H groups in total. The molecule has 0 unspecified atom stereocenters. The number of aromatic hydroxyl groups is 1. The number of amides is 1. The Bertz CT molecular complexity index is 434. The molecule has 0 atom stereocenters. The number of aryl methyl sites for hydroxylation is 1. The van der Waals surface area contributed by atoms with Crippen molar-refractivity contribution in [2.75, 3.05) is 5.32 Å². The zero-order valence-electron chi connectivity index (χ0n) is 11.1. The third-order valence-corrected chi connectivity index (χ3v) is 3.80. The number of phenolic OH excluding ortho intramolecular Hbond substituents is 1. The lowest BCUT2D eigenvalue weighted by Gasteiger charge is -2.25. The Hall–Kier alpha value is -1.51. The van der Waals surface area contributed by atoms with Crippen molar-refractivity contribution in [3.05, 3.63) is 23.8 Å². The molecule has 1 saturated carbocycles. The molecular weight excluding hydrogens is 226 g/mol. The second-order valence-electron chi connectivity index (χ2n) is 5.47. The van der Waals surface area contributed by atoms with Crippen LogP contribution in [-0.4, -0.2) is 11.0 Å². The van der Waals surface area contributed by atoms with Crippen LogP contribution in [0.5, 0.6) is 5.75 Å². The van der Waals surface area contributed by atoms with Gasteiger partial charge < -0.3 is 10.4 Å². The van der Waals surface area contributed by atoms with Gasteiger partial charge in [-0.3, -0.25) is 4.79 Å². The Morgan fingerprint density at radius 3 is 2.56 bits per heavy atom. The average molecular weight is 247 g/mol. The fourth-order valence-corrected chi connectivity index (χ4v) is 2.50. The molecule has 3 nitrogen and oxygen atoms in total. The van der Waals surface area contributed by atoms with Crippen molar-refractivity contribution >= 4 is 11.6 Å². The lowest BCUT2D eigenvalue weighted by molar-refractivity contribution is -0.121. The summed E-state index contributed by atoms with van der Waals surface area (Å²) in [6.45, 7) is 4.15. The van der Waals surface area contributed by atoms with Crippen LogP contribution in [0.1, 0.15) is 38.2 Å². The van der Waals surface area contributed by atoms with E-state index >= 15 is 0 Å². The van der Waals surface area contributed by atoms with E-state index in [1.165, 1.54) is 0 Å². The highest BCUT2D eigenvalue weighted by Gasteiger charge is 2.24. The molecule has 3 heteroatoms. The van der Waals surface area contributed by atoms with E-state index < -0.39 is 0 Å². The smallest absolute Gasteiger partial charge is 0.227 e. The summed E-state index contributed by atoms with van der Waals surface area (Å²) >= 11 is 0. The molecule has 0 bridgehead atoms. The molecule has 0 heterocycles. The van der Waals surface area contributed by atoms with E-state index in [4.69, 9.17) is 0 Å². The quantitative estimate of drug-likeness (QED) is 0.786. The Labute approximate surface area is 108 Å². The van der Waals surface area contributed by atoms with Crippen molar-refractivity contribution in [3.8, 4) is 5.75 Å². The molecule has 98 valence electrons. The van der Waals surface area contributed by atoms with Crippen LogP contribution in [0.15, 0.2) is 18.2 Å². The predicted molar refractivity (Wildman–Crippen MR) is 72.6 cm³/mol. The summed E-state index contributed by atoms with van der Waals surface area (Å²) in [5.74, 6) is 1.03. The largest absolute Gasteiger partial charge is 0.506 e. The minimum Gasteiger partial charge on any atom is -0.506 e. The molecule has 1 aromatic carbocycles. The number of hydrogen-bond acceptors (Lipinski definition) is 2. The highest BCUT2D eigenvalue weighted by atomic mass is 16.3. The van der Waals surface area contributed by atoms with E-state index in [0.717, 1.165) is 37.2 Å². The summed E-state index contributed by atoms with van der Waals surface area (Å²) in [7, 11) is 0. The van der Waals surface area contributed by atoms with Crippen LogP contribution >= 0.6 is 0 Å². The first-order chi connectivity index (χ1) is 8.56. The summed E-state index contributed by atoms with van der Waals surface area (Å²) in [5, 5.41) is 12.6. The molecule has 0 aromatic heterocycles.